The number of benzene rings is 2. The van der Waals surface area contributed by atoms with Gasteiger partial charge in [0.1, 0.15) is 18.1 Å². The van der Waals surface area contributed by atoms with Crippen LogP contribution >= 0.6 is 0 Å². The summed E-state index contributed by atoms with van der Waals surface area (Å²) in [6.45, 7) is 6.59. The van der Waals surface area contributed by atoms with Crippen molar-refractivity contribution in [3.05, 3.63) is 94.5 Å². The maximum Gasteiger partial charge on any atom is 0.279 e. The van der Waals surface area contributed by atoms with E-state index in [0.29, 0.717) is 23.7 Å². The third-order valence-electron chi connectivity index (χ3n) is 5.01. The van der Waals surface area contributed by atoms with Crippen molar-refractivity contribution >= 4 is 11.7 Å². The van der Waals surface area contributed by atoms with Crippen molar-refractivity contribution in [2.75, 3.05) is 5.32 Å². The van der Waals surface area contributed by atoms with Crippen LogP contribution in [0.2, 0.25) is 0 Å². The van der Waals surface area contributed by atoms with Crippen LogP contribution < -0.4 is 10.1 Å². The fraction of sp³-hybridized carbons (Fsp3) is 0.208. The average Bonchev–Trinajstić information content (AvgIpc) is 3.35. The van der Waals surface area contributed by atoms with Gasteiger partial charge < -0.3 is 14.6 Å². The summed E-state index contributed by atoms with van der Waals surface area (Å²) in [6.07, 6.45) is 1.83. The average molecular weight is 416 g/mol. The monoisotopic (exact) mass is 416 g/mol. The molecule has 0 fully saturated rings. The van der Waals surface area contributed by atoms with Crippen LogP contribution in [0.5, 0.6) is 5.75 Å². The normalized spacial score (nSPS) is 10.8. The number of aromatic nitrogens is 3. The van der Waals surface area contributed by atoms with E-state index in [1.54, 1.807) is 17.7 Å². The van der Waals surface area contributed by atoms with Crippen LogP contribution in [0.4, 0.5) is 5.82 Å². The Morgan fingerprint density at radius 1 is 1.06 bits per heavy atom. The number of amides is 1. The fourth-order valence-corrected chi connectivity index (χ4v) is 3.18. The summed E-state index contributed by atoms with van der Waals surface area (Å²) in [5.41, 5.74) is 4.16. The molecule has 4 rings (SSSR count). The number of hydrogen-bond acceptors (Lipinski definition) is 5. The molecule has 2 aromatic heterocycles. The molecule has 1 amide bonds. The van der Waals surface area contributed by atoms with E-state index in [1.807, 2.05) is 37.4 Å². The molecule has 0 aliphatic rings. The highest BCUT2D eigenvalue weighted by Crippen LogP contribution is 2.21. The number of aryl methyl sites for hydroxylation is 3. The Kier molecular flexibility index (Phi) is 5.84. The second-order valence-corrected chi connectivity index (χ2v) is 7.46. The van der Waals surface area contributed by atoms with E-state index in [2.05, 4.69) is 46.8 Å². The van der Waals surface area contributed by atoms with Crippen LogP contribution in [-0.4, -0.2) is 20.8 Å². The lowest BCUT2D eigenvalue weighted by Gasteiger charge is -2.09. The van der Waals surface area contributed by atoms with E-state index < -0.39 is 0 Å². The van der Waals surface area contributed by atoms with Crippen molar-refractivity contribution in [1.82, 2.24) is 14.9 Å². The summed E-state index contributed by atoms with van der Waals surface area (Å²) in [4.78, 5) is 12.8. The van der Waals surface area contributed by atoms with E-state index >= 15 is 0 Å². The summed E-state index contributed by atoms with van der Waals surface area (Å²) in [5.74, 6) is 1.36. The standard InChI is InChI=1S/C24H24N4O3/c1-16-8-10-19(11-9-16)14-28-13-12-22(26-28)25-24(29)23-20(18(3)31-27-23)15-30-21-7-5-4-6-17(21)2/h4-13H,14-15H2,1-3H3,(H,25,26,29). The van der Waals surface area contributed by atoms with Gasteiger partial charge in [0.15, 0.2) is 11.5 Å². The molecule has 0 aliphatic carbocycles. The highest BCUT2D eigenvalue weighted by atomic mass is 16.5. The zero-order chi connectivity index (χ0) is 21.8. The van der Waals surface area contributed by atoms with E-state index in [0.717, 1.165) is 16.9 Å². The SMILES string of the molecule is Cc1ccc(Cn2ccc(NC(=O)c3noc(C)c3COc3ccccc3C)n2)cc1. The number of para-hydroxylation sites is 1. The second-order valence-electron chi connectivity index (χ2n) is 7.46. The van der Waals surface area contributed by atoms with Gasteiger partial charge in [0.05, 0.1) is 12.1 Å². The molecule has 7 nitrogen and oxygen atoms in total. The number of nitrogens with one attached hydrogen (secondary N) is 1. The Balaban J connectivity index is 1.43. The molecule has 0 aliphatic heterocycles. The third-order valence-corrected chi connectivity index (χ3v) is 5.01. The van der Waals surface area contributed by atoms with Gasteiger partial charge in [-0.25, -0.2) is 0 Å². The van der Waals surface area contributed by atoms with Crippen molar-refractivity contribution in [2.45, 2.75) is 33.9 Å². The molecule has 0 saturated heterocycles. The van der Waals surface area contributed by atoms with Gasteiger partial charge in [-0.05, 0) is 38.0 Å². The zero-order valence-electron chi connectivity index (χ0n) is 17.8. The van der Waals surface area contributed by atoms with Crippen LogP contribution in [0.25, 0.3) is 0 Å². The van der Waals surface area contributed by atoms with Crippen LogP contribution in [-0.2, 0) is 13.2 Å². The van der Waals surface area contributed by atoms with Gasteiger partial charge in [0.2, 0.25) is 0 Å². The Hall–Kier alpha value is -3.87. The number of hydrogen-bond donors (Lipinski definition) is 1. The molecule has 0 radical (unpaired) electrons. The summed E-state index contributed by atoms with van der Waals surface area (Å²) < 4.78 is 12.9. The minimum Gasteiger partial charge on any atom is -0.488 e. The lowest BCUT2D eigenvalue weighted by atomic mass is 10.1. The van der Waals surface area contributed by atoms with Crippen molar-refractivity contribution < 1.29 is 14.1 Å². The molecule has 0 spiro atoms. The van der Waals surface area contributed by atoms with E-state index in [-0.39, 0.29) is 18.2 Å². The molecule has 0 bridgehead atoms. The predicted molar refractivity (Wildman–Crippen MR) is 117 cm³/mol. The molecule has 2 aromatic carbocycles. The number of carbonyl (C=O) groups excluding carboxylic acids is 1. The van der Waals surface area contributed by atoms with E-state index in [9.17, 15) is 4.79 Å². The summed E-state index contributed by atoms with van der Waals surface area (Å²) >= 11 is 0. The first-order chi connectivity index (χ1) is 15.0. The van der Waals surface area contributed by atoms with Gasteiger partial charge in [-0.2, -0.15) is 5.10 Å². The first-order valence-corrected chi connectivity index (χ1v) is 10.0. The lowest BCUT2D eigenvalue weighted by Crippen LogP contribution is -2.16. The first kappa shape index (κ1) is 20.4. The minimum atomic E-state index is -0.388. The highest BCUT2D eigenvalue weighted by Gasteiger charge is 2.21. The smallest absolute Gasteiger partial charge is 0.279 e. The van der Waals surface area contributed by atoms with Crippen LogP contribution in [0.15, 0.2) is 65.3 Å². The van der Waals surface area contributed by atoms with Crippen LogP contribution in [0.1, 0.15) is 38.5 Å². The summed E-state index contributed by atoms with van der Waals surface area (Å²) in [7, 11) is 0. The van der Waals surface area contributed by atoms with Crippen LogP contribution in [0, 0.1) is 20.8 Å². The quantitative estimate of drug-likeness (QED) is 0.473. The molecule has 2 heterocycles. The highest BCUT2D eigenvalue weighted by molar-refractivity contribution is 6.03. The Labute approximate surface area is 180 Å². The third kappa shape index (κ3) is 4.83. The second kappa shape index (κ2) is 8.87. The number of anilines is 1. The molecule has 0 saturated carbocycles. The molecule has 31 heavy (non-hydrogen) atoms. The molecule has 4 aromatic rings. The topological polar surface area (TPSA) is 82.2 Å². The number of carbonyl (C=O) groups is 1. The molecule has 1 N–H and O–H groups in total. The van der Waals surface area contributed by atoms with E-state index in [1.165, 1.54) is 5.56 Å². The molecule has 0 atom stereocenters. The molecular formula is C24H24N4O3. The van der Waals surface area contributed by atoms with Gasteiger partial charge in [-0.3, -0.25) is 9.48 Å². The number of ether oxygens (including phenoxy) is 1. The number of rotatable bonds is 7. The fourth-order valence-electron chi connectivity index (χ4n) is 3.18. The van der Waals surface area contributed by atoms with Gasteiger partial charge in [-0.1, -0.05) is 53.2 Å². The molecule has 7 heteroatoms. The largest absolute Gasteiger partial charge is 0.488 e. The maximum absolute atomic E-state index is 12.8. The van der Waals surface area contributed by atoms with Crippen molar-refractivity contribution in [3.63, 3.8) is 0 Å². The number of nitrogens with zero attached hydrogens (tertiary/aromatic N) is 3. The molecular weight excluding hydrogens is 392 g/mol. The zero-order valence-corrected chi connectivity index (χ0v) is 17.8. The van der Waals surface area contributed by atoms with Gasteiger partial charge in [0, 0.05) is 12.3 Å². The van der Waals surface area contributed by atoms with Gasteiger partial charge in [0.25, 0.3) is 5.91 Å². The Morgan fingerprint density at radius 2 is 1.84 bits per heavy atom. The lowest BCUT2D eigenvalue weighted by molar-refractivity contribution is 0.101. The Bertz CT molecular complexity index is 1190. The van der Waals surface area contributed by atoms with Crippen molar-refractivity contribution in [1.29, 1.82) is 0 Å². The summed E-state index contributed by atoms with van der Waals surface area (Å²) in [5, 5.41) is 11.1. The van der Waals surface area contributed by atoms with E-state index in [4.69, 9.17) is 9.26 Å². The Morgan fingerprint density at radius 3 is 2.61 bits per heavy atom. The summed E-state index contributed by atoms with van der Waals surface area (Å²) in [6, 6.07) is 17.7. The van der Waals surface area contributed by atoms with Crippen molar-refractivity contribution in [3.8, 4) is 5.75 Å². The van der Waals surface area contributed by atoms with Crippen molar-refractivity contribution in [2.24, 2.45) is 0 Å². The first-order valence-electron chi connectivity index (χ1n) is 10.0. The predicted octanol–water partition coefficient (Wildman–Crippen LogP) is 4.68. The van der Waals surface area contributed by atoms with Crippen LogP contribution in [0.3, 0.4) is 0 Å². The minimum absolute atomic E-state index is 0.185. The molecule has 158 valence electrons. The van der Waals surface area contributed by atoms with Gasteiger partial charge >= 0.3 is 0 Å². The maximum atomic E-state index is 12.8. The van der Waals surface area contributed by atoms with Gasteiger partial charge in [-0.15, -0.1) is 0 Å². The molecule has 0 unspecified atom stereocenters.